The fourth-order valence-electron chi connectivity index (χ4n) is 2.64. The van der Waals surface area contributed by atoms with Crippen LogP contribution in [0.5, 0.6) is 11.5 Å². The van der Waals surface area contributed by atoms with Gasteiger partial charge in [-0.15, -0.1) is 25.6 Å². The van der Waals surface area contributed by atoms with Gasteiger partial charge in [0.1, 0.15) is 11.5 Å². The molecule has 0 heterocycles. The van der Waals surface area contributed by atoms with Crippen molar-refractivity contribution in [1.82, 2.24) is 0 Å². The summed E-state index contributed by atoms with van der Waals surface area (Å²) in [4.78, 5) is 2.08. The molecular weight excluding hydrogens is 369 g/mol. The number of aromatic hydroxyl groups is 1. The molecule has 4 nitrogen and oxygen atoms in total. The maximum atomic E-state index is 12.2. The van der Waals surface area contributed by atoms with Gasteiger partial charge in [0.15, 0.2) is 0 Å². The molecule has 2 aromatic rings. The zero-order chi connectivity index (χ0) is 18.6. The number of benzene rings is 2. The number of anilines is 1. The highest BCUT2D eigenvalue weighted by Crippen LogP contribution is 2.32. The van der Waals surface area contributed by atoms with Gasteiger partial charge in [-0.1, -0.05) is 18.2 Å². The Labute approximate surface area is 156 Å². The molecule has 144 valence electrons. The molecule has 0 bridgehead atoms. The van der Waals surface area contributed by atoms with Crippen molar-refractivity contribution in [1.29, 1.82) is 0 Å². The van der Waals surface area contributed by atoms with Crippen LogP contribution in [0.15, 0.2) is 42.5 Å². The predicted molar refractivity (Wildman–Crippen MR) is 98.1 cm³/mol. The van der Waals surface area contributed by atoms with Crippen LogP contribution in [0, 0.1) is 0 Å². The van der Waals surface area contributed by atoms with Gasteiger partial charge in [0.2, 0.25) is 0 Å². The summed E-state index contributed by atoms with van der Waals surface area (Å²) in [6.07, 6.45) is -4.73. The number of halogens is 4. The van der Waals surface area contributed by atoms with Crippen molar-refractivity contribution in [3.63, 3.8) is 0 Å². The van der Waals surface area contributed by atoms with Crippen molar-refractivity contribution in [2.24, 2.45) is 5.73 Å². The summed E-state index contributed by atoms with van der Waals surface area (Å²) in [7, 11) is 0. The van der Waals surface area contributed by atoms with Gasteiger partial charge in [0.05, 0.1) is 6.04 Å². The van der Waals surface area contributed by atoms with Gasteiger partial charge in [-0.05, 0) is 37.6 Å². The predicted octanol–water partition coefficient (Wildman–Crippen LogP) is 4.61. The van der Waals surface area contributed by atoms with E-state index in [1.165, 1.54) is 24.3 Å². The molecule has 3 N–H and O–H groups in total. The monoisotopic (exact) mass is 390 g/mol. The Hall–Kier alpha value is -2.12. The molecule has 2 rings (SSSR count). The van der Waals surface area contributed by atoms with Crippen LogP contribution in [0.2, 0.25) is 0 Å². The van der Waals surface area contributed by atoms with Gasteiger partial charge in [0, 0.05) is 30.4 Å². The van der Waals surface area contributed by atoms with Crippen molar-refractivity contribution >= 4 is 18.1 Å². The summed E-state index contributed by atoms with van der Waals surface area (Å²) in [6, 6.07) is 9.87. The van der Waals surface area contributed by atoms with E-state index in [1.807, 2.05) is 19.9 Å². The Kier molecular flexibility index (Phi) is 7.59. The molecule has 0 saturated carbocycles. The summed E-state index contributed by atoms with van der Waals surface area (Å²) in [5, 5.41) is 10.3. The van der Waals surface area contributed by atoms with E-state index in [9.17, 15) is 18.3 Å². The van der Waals surface area contributed by atoms with Gasteiger partial charge in [-0.2, -0.15) is 0 Å². The first-order valence-corrected chi connectivity index (χ1v) is 7.94. The molecule has 0 spiro atoms. The average molecular weight is 391 g/mol. The third-order valence-electron chi connectivity index (χ3n) is 3.95. The molecule has 0 aliphatic rings. The Morgan fingerprint density at radius 2 is 1.65 bits per heavy atom. The van der Waals surface area contributed by atoms with E-state index >= 15 is 0 Å². The molecule has 0 unspecified atom stereocenters. The quantitative estimate of drug-likeness (QED) is 0.756. The summed E-state index contributed by atoms with van der Waals surface area (Å²) < 4.78 is 40.4. The molecular formula is C18H22ClF3N2O2. The highest BCUT2D eigenvalue weighted by Gasteiger charge is 2.31. The fraction of sp³-hybridized carbons (Fsp3) is 0.333. The number of nitrogens with zero attached hydrogens (tertiary/aromatic N) is 1. The van der Waals surface area contributed by atoms with E-state index in [0.29, 0.717) is 11.1 Å². The molecule has 2 aromatic carbocycles. The molecule has 0 fully saturated rings. The van der Waals surface area contributed by atoms with Gasteiger partial charge >= 0.3 is 6.36 Å². The minimum Gasteiger partial charge on any atom is -0.508 e. The maximum Gasteiger partial charge on any atom is 0.573 e. The van der Waals surface area contributed by atoms with Crippen LogP contribution in [0.1, 0.15) is 31.0 Å². The normalized spacial score (nSPS) is 12.2. The second-order valence-electron chi connectivity index (χ2n) is 5.51. The molecule has 0 saturated heterocycles. The highest BCUT2D eigenvalue weighted by molar-refractivity contribution is 5.85. The standard InChI is InChI=1S/C18H21F3N2O2.ClH/c1-3-23(4-2)13-7-10-15(16(24)11-13)17(22)12-5-8-14(9-6-12)25-18(19,20)21;/h5-11,17,24H,3-4,22H2,1-2H3;1H/t17-;/m0./s1. The van der Waals surface area contributed by atoms with Gasteiger partial charge < -0.3 is 20.5 Å². The van der Waals surface area contributed by atoms with E-state index in [0.717, 1.165) is 18.8 Å². The number of phenols is 1. The van der Waals surface area contributed by atoms with Crippen molar-refractivity contribution in [3.05, 3.63) is 53.6 Å². The fourth-order valence-corrected chi connectivity index (χ4v) is 2.64. The molecule has 8 heteroatoms. The number of phenolic OH excluding ortho intramolecular Hbond substituents is 1. The second kappa shape index (κ2) is 9.00. The summed E-state index contributed by atoms with van der Waals surface area (Å²) in [5.74, 6) is -0.267. The van der Waals surface area contributed by atoms with E-state index in [4.69, 9.17) is 5.73 Å². The summed E-state index contributed by atoms with van der Waals surface area (Å²) in [5.41, 5.74) is 8.10. The Balaban J connectivity index is 0.00000338. The van der Waals surface area contributed by atoms with Crippen molar-refractivity contribution in [2.75, 3.05) is 18.0 Å². The number of ether oxygens (including phenoxy) is 1. The smallest absolute Gasteiger partial charge is 0.508 e. The minimum atomic E-state index is -4.73. The molecule has 26 heavy (non-hydrogen) atoms. The molecule has 1 atom stereocenters. The number of hydrogen-bond donors (Lipinski definition) is 2. The number of rotatable bonds is 6. The van der Waals surface area contributed by atoms with Gasteiger partial charge in [-0.25, -0.2) is 0 Å². The first-order valence-electron chi connectivity index (χ1n) is 7.94. The number of nitrogens with two attached hydrogens (primary N) is 1. The molecule has 0 amide bonds. The van der Waals surface area contributed by atoms with E-state index in [2.05, 4.69) is 9.64 Å². The summed E-state index contributed by atoms with van der Waals surface area (Å²) >= 11 is 0. The second-order valence-corrected chi connectivity index (χ2v) is 5.51. The zero-order valence-corrected chi connectivity index (χ0v) is 15.3. The minimum absolute atomic E-state index is 0. The Morgan fingerprint density at radius 3 is 2.12 bits per heavy atom. The summed E-state index contributed by atoms with van der Waals surface area (Å²) in [6.45, 7) is 5.65. The van der Waals surface area contributed by atoms with E-state index in [1.54, 1.807) is 12.1 Å². The van der Waals surface area contributed by atoms with Crippen LogP contribution in [-0.4, -0.2) is 24.6 Å². The largest absolute Gasteiger partial charge is 0.573 e. The highest BCUT2D eigenvalue weighted by atomic mass is 35.5. The Bertz CT molecular complexity index is 705. The van der Waals surface area contributed by atoms with E-state index in [-0.39, 0.29) is 23.9 Å². The lowest BCUT2D eigenvalue weighted by Crippen LogP contribution is -2.22. The third kappa shape index (κ3) is 5.44. The number of hydrogen-bond acceptors (Lipinski definition) is 4. The molecule has 0 aromatic heterocycles. The van der Waals surface area contributed by atoms with Crippen LogP contribution in [-0.2, 0) is 0 Å². The van der Waals surface area contributed by atoms with Crippen molar-refractivity contribution in [2.45, 2.75) is 26.3 Å². The lowest BCUT2D eigenvalue weighted by Gasteiger charge is -2.23. The SMILES string of the molecule is CCN(CC)c1ccc([C@@H](N)c2ccc(OC(F)(F)F)cc2)c(O)c1.Cl. The van der Waals surface area contributed by atoms with Crippen LogP contribution < -0.4 is 15.4 Å². The molecule has 0 radical (unpaired) electrons. The van der Waals surface area contributed by atoms with Crippen molar-refractivity contribution in [3.8, 4) is 11.5 Å². The topological polar surface area (TPSA) is 58.7 Å². The first-order chi connectivity index (χ1) is 11.7. The molecule has 0 aliphatic heterocycles. The van der Waals surface area contributed by atoms with Crippen LogP contribution in [0.25, 0.3) is 0 Å². The van der Waals surface area contributed by atoms with Crippen LogP contribution in [0.4, 0.5) is 18.9 Å². The maximum absolute atomic E-state index is 12.2. The van der Waals surface area contributed by atoms with Gasteiger partial charge in [0.25, 0.3) is 0 Å². The average Bonchev–Trinajstić information content (AvgIpc) is 2.55. The Morgan fingerprint density at radius 1 is 1.08 bits per heavy atom. The zero-order valence-electron chi connectivity index (χ0n) is 14.5. The van der Waals surface area contributed by atoms with Crippen LogP contribution >= 0.6 is 12.4 Å². The van der Waals surface area contributed by atoms with Crippen LogP contribution in [0.3, 0.4) is 0 Å². The molecule has 0 aliphatic carbocycles. The lowest BCUT2D eigenvalue weighted by atomic mass is 9.98. The van der Waals surface area contributed by atoms with Gasteiger partial charge in [-0.3, -0.25) is 0 Å². The van der Waals surface area contributed by atoms with Crippen molar-refractivity contribution < 1.29 is 23.0 Å². The third-order valence-corrected chi connectivity index (χ3v) is 3.95. The van der Waals surface area contributed by atoms with E-state index < -0.39 is 12.4 Å². The lowest BCUT2D eigenvalue weighted by molar-refractivity contribution is -0.274. The first kappa shape index (κ1) is 21.9. The number of alkyl halides is 3.